The van der Waals surface area contributed by atoms with E-state index in [2.05, 4.69) is 21.3 Å². The van der Waals surface area contributed by atoms with Gasteiger partial charge in [0.15, 0.2) is 10.1 Å². The minimum Gasteiger partial charge on any atom is -0.384 e. The number of nitrogens with two attached hydrogens (primary N) is 1. The molecule has 0 bridgehead atoms. The molecule has 0 spiro atoms. The number of carbonyl (C=O) groups excluding carboxylic acids is 1. The number of allylic oxidation sites excluding steroid dienone is 3. The molecule has 1 aliphatic carbocycles. The second-order valence-electron chi connectivity index (χ2n) is 8.44. The highest BCUT2D eigenvalue weighted by atomic mass is 32.2. The number of benzene rings is 1. The lowest BCUT2D eigenvalue weighted by Gasteiger charge is -2.37. The Morgan fingerprint density at radius 2 is 2.05 bits per heavy atom. The Balaban J connectivity index is 1.47. The second-order valence-corrected chi connectivity index (χ2v) is 10.6. The van der Waals surface area contributed by atoms with Gasteiger partial charge in [-0.05, 0) is 36.1 Å². The fourth-order valence-electron chi connectivity index (χ4n) is 4.52. The highest BCUT2D eigenvalue weighted by molar-refractivity contribution is 8.00. The zero-order valence-corrected chi connectivity index (χ0v) is 20.8. The van der Waals surface area contributed by atoms with Crippen LogP contribution in [0.5, 0.6) is 0 Å². The minimum absolute atomic E-state index is 0.0518. The molecule has 0 fully saturated rings. The molecule has 1 aromatic carbocycles. The van der Waals surface area contributed by atoms with Gasteiger partial charge in [-0.25, -0.2) is 0 Å². The van der Waals surface area contributed by atoms with Crippen LogP contribution in [0.15, 0.2) is 75.8 Å². The van der Waals surface area contributed by atoms with Crippen LogP contribution >= 0.6 is 23.1 Å². The Hall–Kier alpha value is -3.69. The van der Waals surface area contributed by atoms with Crippen LogP contribution in [0.4, 0.5) is 18.3 Å². The van der Waals surface area contributed by atoms with E-state index < -0.39 is 17.7 Å². The maximum absolute atomic E-state index is 13.1. The first-order valence-corrected chi connectivity index (χ1v) is 13.1. The van der Waals surface area contributed by atoms with E-state index in [0.29, 0.717) is 51.1 Å². The molecule has 5 rings (SSSR count). The van der Waals surface area contributed by atoms with Crippen molar-refractivity contribution in [2.45, 2.75) is 41.4 Å². The molecule has 7 nitrogen and oxygen atoms in total. The monoisotopic (exact) mass is 540 g/mol. The lowest BCUT2D eigenvalue weighted by atomic mass is 9.76. The Morgan fingerprint density at radius 3 is 2.78 bits per heavy atom. The maximum atomic E-state index is 13.1. The smallest absolute Gasteiger partial charge is 0.384 e. The first-order valence-electron chi connectivity index (χ1n) is 11.3. The number of hydrogen-bond donors (Lipinski definition) is 1. The predicted octanol–water partition coefficient (Wildman–Crippen LogP) is 5.55. The summed E-state index contributed by atoms with van der Waals surface area (Å²) >= 11 is 2.45. The SMILES string of the molecule is N#CC1=C(N)N(c2nnc(SCc3cccc(C(F)(F)F)c3)s2)C2=C(C(=O)CCC2)[C@@H]1c1cccnc1. The third-order valence-corrected chi connectivity index (χ3v) is 8.25. The van der Waals surface area contributed by atoms with E-state index in [1.165, 1.54) is 29.2 Å². The third kappa shape index (κ3) is 4.84. The molecule has 0 unspecified atom stereocenters. The Labute approximate surface area is 218 Å². The van der Waals surface area contributed by atoms with Crippen molar-refractivity contribution in [1.29, 1.82) is 5.26 Å². The van der Waals surface area contributed by atoms with E-state index in [4.69, 9.17) is 5.73 Å². The van der Waals surface area contributed by atoms with E-state index in [-0.39, 0.29) is 22.9 Å². The Morgan fingerprint density at radius 1 is 1.22 bits per heavy atom. The van der Waals surface area contributed by atoms with Crippen molar-refractivity contribution in [3.63, 3.8) is 0 Å². The molecular weight excluding hydrogens is 521 g/mol. The topological polar surface area (TPSA) is 109 Å². The number of nitriles is 1. The molecule has 0 saturated carbocycles. The van der Waals surface area contributed by atoms with Crippen LogP contribution in [0.3, 0.4) is 0 Å². The minimum atomic E-state index is -4.41. The molecule has 37 heavy (non-hydrogen) atoms. The summed E-state index contributed by atoms with van der Waals surface area (Å²) in [6.45, 7) is 0. The van der Waals surface area contributed by atoms with Crippen molar-refractivity contribution in [3.8, 4) is 6.07 Å². The van der Waals surface area contributed by atoms with Crippen LogP contribution in [0.25, 0.3) is 0 Å². The molecule has 1 atom stereocenters. The van der Waals surface area contributed by atoms with Gasteiger partial charge in [0.05, 0.1) is 23.1 Å². The van der Waals surface area contributed by atoms with Gasteiger partial charge in [0.1, 0.15) is 5.82 Å². The van der Waals surface area contributed by atoms with Gasteiger partial charge in [-0.1, -0.05) is 47.4 Å². The number of hydrogen-bond acceptors (Lipinski definition) is 9. The van der Waals surface area contributed by atoms with Gasteiger partial charge in [-0.2, -0.15) is 18.4 Å². The number of thioether (sulfide) groups is 1. The molecule has 0 saturated heterocycles. The summed E-state index contributed by atoms with van der Waals surface area (Å²) in [4.78, 5) is 18.9. The van der Waals surface area contributed by atoms with Crippen molar-refractivity contribution >= 4 is 34.0 Å². The Kier molecular flexibility index (Phi) is 6.74. The van der Waals surface area contributed by atoms with Crippen molar-refractivity contribution in [2.24, 2.45) is 5.73 Å². The number of aromatic nitrogens is 3. The van der Waals surface area contributed by atoms with Crippen LogP contribution in [0, 0.1) is 11.3 Å². The summed E-state index contributed by atoms with van der Waals surface area (Å²) < 4.78 is 39.6. The quantitative estimate of drug-likeness (QED) is 0.420. The van der Waals surface area contributed by atoms with Gasteiger partial charge in [0.25, 0.3) is 0 Å². The highest BCUT2D eigenvalue weighted by Gasteiger charge is 2.41. The van der Waals surface area contributed by atoms with Crippen molar-refractivity contribution in [1.82, 2.24) is 15.2 Å². The maximum Gasteiger partial charge on any atom is 0.416 e. The zero-order chi connectivity index (χ0) is 26.2. The molecule has 188 valence electrons. The third-order valence-electron chi connectivity index (χ3n) is 6.13. The van der Waals surface area contributed by atoms with Crippen LogP contribution in [-0.4, -0.2) is 21.0 Å². The molecule has 12 heteroatoms. The number of halogens is 3. The van der Waals surface area contributed by atoms with Gasteiger partial charge >= 0.3 is 6.18 Å². The normalized spacial score (nSPS) is 18.2. The fraction of sp³-hybridized carbons (Fsp3) is 0.240. The predicted molar refractivity (Wildman–Crippen MR) is 133 cm³/mol. The fourth-order valence-corrected chi connectivity index (χ4v) is 6.34. The van der Waals surface area contributed by atoms with E-state index >= 15 is 0 Å². The van der Waals surface area contributed by atoms with E-state index in [0.717, 1.165) is 12.1 Å². The summed E-state index contributed by atoms with van der Waals surface area (Å²) in [6, 6.07) is 10.9. The summed E-state index contributed by atoms with van der Waals surface area (Å²) in [6.07, 6.45) is 0.420. The first kappa shape index (κ1) is 25.0. The van der Waals surface area contributed by atoms with E-state index in [1.54, 1.807) is 29.4 Å². The first-order chi connectivity index (χ1) is 17.8. The second kappa shape index (κ2) is 9.99. The Bertz CT molecular complexity index is 1460. The number of alkyl halides is 3. The van der Waals surface area contributed by atoms with Crippen molar-refractivity contribution < 1.29 is 18.0 Å². The summed E-state index contributed by atoms with van der Waals surface area (Å²) in [5.74, 6) is -0.220. The van der Waals surface area contributed by atoms with Crippen LogP contribution in [0.2, 0.25) is 0 Å². The molecule has 3 heterocycles. The molecular formula is C25H19F3N6OS2. The zero-order valence-electron chi connectivity index (χ0n) is 19.2. The molecule has 0 radical (unpaired) electrons. The molecule has 2 aromatic heterocycles. The lowest BCUT2D eigenvalue weighted by molar-refractivity contribution is -0.137. The van der Waals surface area contributed by atoms with Gasteiger partial charge in [-0.3, -0.25) is 14.7 Å². The van der Waals surface area contributed by atoms with Gasteiger partial charge < -0.3 is 5.73 Å². The van der Waals surface area contributed by atoms with Gasteiger partial charge in [-0.15, -0.1) is 10.2 Å². The van der Waals surface area contributed by atoms with E-state index in [1.807, 2.05) is 6.07 Å². The molecule has 2 aliphatic rings. The van der Waals surface area contributed by atoms with Gasteiger partial charge in [0.2, 0.25) is 5.13 Å². The highest BCUT2D eigenvalue weighted by Crippen LogP contribution is 2.47. The molecule has 3 aromatic rings. The van der Waals surface area contributed by atoms with Crippen LogP contribution in [0.1, 0.15) is 41.9 Å². The summed E-state index contributed by atoms with van der Waals surface area (Å²) in [5.41, 5.74) is 8.46. The average Bonchev–Trinajstić information content (AvgIpc) is 3.35. The number of rotatable bonds is 5. The van der Waals surface area contributed by atoms with E-state index in [9.17, 15) is 23.2 Å². The number of pyridine rings is 1. The molecule has 0 amide bonds. The number of nitrogens with zero attached hydrogens (tertiary/aromatic N) is 5. The van der Waals surface area contributed by atoms with Crippen molar-refractivity contribution in [3.05, 3.63) is 88.1 Å². The average molecular weight is 541 g/mol. The lowest BCUT2D eigenvalue weighted by Crippen LogP contribution is -2.38. The molecule has 1 aliphatic heterocycles. The van der Waals surface area contributed by atoms with Crippen LogP contribution < -0.4 is 10.6 Å². The number of carbonyl (C=O) groups is 1. The standard InChI is InChI=1S/C25H19F3N6OS2/c26-25(27,28)16-6-1-4-14(10-16)13-36-24-33-32-23(37-24)34-18-7-2-8-19(35)21(18)20(17(11-29)22(34)30)15-5-3-9-31-12-15/h1,3-6,9-10,12,20H,2,7-8,13,30H2/t20-/m1/s1. The largest absolute Gasteiger partial charge is 0.416 e. The van der Waals surface area contributed by atoms with Gasteiger partial charge in [0, 0.05) is 35.8 Å². The number of Topliss-reactive ketones (excluding diaryl/α,β-unsaturated/α-hetero) is 1. The molecule has 2 N–H and O–H groups in total. The number of anilines is 1. The number of ketones is 1. The summed E-state index contributed by atoms with van der Waals surface area (Å²) in [5, 5.41) is 18.9. The van der Waals surface area contributed by atoms with Crippen LogP contribution in [-0.2, 0) is 16.7 Å². The van der Waals surface area contributed by atoms with Crippen molar-refractivity contribution in [2.75, 3.05) is 4.90 Å². The summed E-state index contributed by atoms with van der Waals surface area (Å²) in [7, 11) is 0.